The number of thioether (sulfide) groups is 1. The van der Waals surface area contributed by atoms with E-state index in [9.17, 15) is 15.3 Å². The molecule has 168 valence electrons. The maximum atomic E-state index is 11.1. The minimum absolute atomic E-state index is 0.310. The number of hydrogen-bond donors (Lipinski definition) is 3. The second-order valence-electron chi connectivity index (χ2n) is 10.3. The summed E-state index contributed by atoms with van der Waals surface area (Å²) in [4.78, 5) is -1.22. The molecule has 3 aliphatic rings. The Bertz CT molecular complexity index is 757. The van der Waals surface area contributed by atoms with Gasteiger partial charge in [-0.1, -0.05) is 49.8 Å². The molecule has 0 radical (unpaired) electrons. The minimum Gasteiger partial charge on any atom is -0.390 e. The Hall–Kier alpha value is -0.810. The van der Waals surface area contributed by atoms with Crippen molar-refractivity contribution in [2.24, 2.45) is 11.3 Å². The van der Waals surface area contributed by atoms with Crippen LogP contribution < -0.4 is 0 Å². The summed E-state index contributed by atoms with van der Waals surface area (Å²) < 4.78 is 0. The lowest BCUT2D eigenvalue weighted by atomic mass is 9.64. The van der Waals surface area contributed by atoms with Crippen LogP contribution in [0.1, 0.15) is 79.1 Å². The molecule has 4 heteroatoms. The van der Waals surface area contributed by atoms with E-state index in [1.165, 1.54) is 30.2 Å². The molecule has 0 aromatic heterocycles. The molecule has 1 unspecified atom stereocenters. The molecule has 4 atom stereocenters. The predicted octanol–water partition coefficient (Wildman–Crippen LogP) is 5.68. The molecule has 3 aliphatic carbocycles. The summed E-state index contributed by atoms with van der Waals surface area (Å²) in [5, 5.41) is 31.6. The van der Waals surface area contributed by atoms with Crippen LogP contribution in [-0.2, 0) is 0 Å². The molecular weight excluding hydrogens is 392 g/mol. The van der Waals surface area contributed by atoms with Crippen LogP contribution >= 0.6 is 11.8 Å². The molecule has 0 heterocycles. The van der Waals surface area contributed by atoms with Crippen LogP contribution in [-0.4, -0.2) is 37.7 Å². The highest BCUT2D eigenvalue weighted by atomic mass is 32.2. The molecular formula is C26H40O3S. The van der Waals surface area contributed by atoms with Crippen LogP contribution in [0.3, 0.4) is 0 Å². The molecule has 0 saturated heterocycles. The summed E-state index contributed by atoms with van der Waals surface area (Å²) in [5.41, 5.74) is 4.65. The maximum Gasteiger partial charge on any atom is 0.140 e. The van der Waals surface area contributed by atoms with Gasteiger partial charge in [-0.2, -0.15) is 0 Å². The van der Waals surface area contributed by atoms with Gasteiger partial charge in [0.25, 0.3) is 0 Å². The van der Waals surface area contributed by atoms with Gasteiger partial charge in [0.05, 0.1) is 11.7 Å². The van der Waals surface area contributed by atoms with Crippen molar-refractivity contribution in [2.75, 3.05) is 5.75 Å². The largest absolute Gasteiger partial charge is 0.390 e. The minimum atomic E-state index is -1.22. The third kappa shape index (κ3) is 4.98. The standard InChI is InChI=1S/C26H40O3S/c1-6-21-11-12-22-19(8-7-13-25(21,22)5)9-10-20-17-26(29,23(27)16-18(20)2)30-15-14-24(3,4)28/h9-11,22-23,27-29H,2,6-8,12-17H2,1,3-5H3/t22-,23?,25+,26-/m0/s1. The molecule has 2 fully saturated rings. The first-order chi connectivity index (χ1) is 14.0. The summed E-state index contributed by atoms with van der Waals surface area (Å²) in [6, 6.07) is 0. The van der Waals surface area contributed by atoms with Crippen LogP contribution in [0.4, 0.5) is 0 Å². The lowest BCUT2D eigenvalue weighted by Crippen LogP contribution is -2.43. The van der Waals surface area contributed by atoms with E-state index >= 15 is 0 Å². The second-order valence-corrected chi connectivity index (χ2v) is 11.7. The second kappa shape index (κ2) is 8.97. The molecule has 3 N–H and O–H groups in total. The molecule has 0 aromatic rings. The van der Waals surface area contributed by atoms with Gasteiger partial charge >= 0.3 is 0 Å². The normalized spacial score (nSPS) is 37.6. The van der Waals surface area contributed by atoms with Gasteiger partial charge in [0.1, 0.15) is 4.93 Å². The van der Waals surface area contributed by atoms with Gasteiger partial charge in [0.2, 0.25) is 0 Å². The van der Waals surface area contributed by atoms with E-state index in [-0.39, 0.29) is 0 Å². The van der Waals surface area contributed by atoms with Gasteiger partial charge in [-0.15, -0.1) is 11.8 Å². The van der Waals surface area contributed by atoms with Gasteiger partial charge < -0.3 is 15.3 Å². The molecule has 30 heavy (non-hydrogen) atoms. The molecule has 2 saturated carbocycles. The SMILES string of the molecule is C=C1CC(O)[C@@](O)(SCCC(C)(C)O)CC1=CC=C1CCC[C@]2(C)C(CC)=CC[C@@H]12. The molecule has 3 rings (SSSR count). The van der Waals surface area contributed by atoms with Gasteiger partial charge in [0.15, 0.2) is 0 Å². The van der Waals surface area contributed by atoms with E-state index in [0.29, 0.717) is 36.3 Å². The van der Waals surface area contributed by atoms with Crippen molar-refractivity contribution >= 4 is 11.8 Å². The van der Waals surface area contributed by atoms with Crippen LogP contribution in [0.5, 0.6) is 0 Å². The lowest BCUT2D eigenvalue weighted by molar-refractivity contribution is -0.0127. The number of allylic oxidation sites excluding steroid dienone is 5. The average molecular weight is 433 g/mol. The van der Waals surface area contributed by atoms with Crippen molar-refractivity contribution in [3.8, 4) is 0 Å². The number of hydrogen-bond acceptors (Lipinski definition) is 4. The van der Waals surface area contributed by atoms with Crippen LogP contribution in [0.2, 0.25) is 0 Å². The number of rotatable bonds is 6. The quantitative estimate of drug-likeness (QED) is 0.373. The van der Waals surface area contributed by atoms with Crippen LogP contribution in [0.15, 0.2) is 47.1 Å². The lowest BCUT2D eigenvalue weighted by Gasteiger charge is -2.41. The van der Waals surface area contributed by atoms with Crippen molar-refractivity contribution < 1.29 is 15.3 Å². The molecule has 3 nitrogen and oxygen atoms in total. The van der Waals surface area contributed by atoms with E-state index < -0.39 is 16.6 Å². The monoisotopic (exact) mass is 432 g/mol. The van der Waals surface area contributed by atoms with Gasteiger partial charge in [-0.05, 0) is 80.6 Å². The Morgan fingerprint density at radius 3 is 2.73 bits per heavy atom. The van der Waals surface area contributed by atoms with Gasteiger partial charge in [-0.25, -0.2) is 0 Å². The average Bonchev–Trinajstić information content (AvgIpc) is 2.99. The topological polar surface area (TPSA) is 60.7 Å². The van der Waals surface area contributed by atoms with Gasteiger partial charge in [-0.3, -0.25) is 0 Å². The Labute approximate surface area is 187 Å². The van der Waals surface area contributed by atoms with E-state index in [2.05, 4.69) is 38.7 Å². The summed E-state index contributed by atoms with van der Waals surface area (Å²) in [6.45, 7) is 12.4. The summed E-state index contributed by atoms with van der Waals surface area (Å²) in [7, 11) is 0. The van der Waals surface area contributed by atoms with Crippen LogP contribution in [0.25, 0.3) is 0 Å². The van der Waals surface area contributed by atoms with Crippen molar-refractivity contribution in [1.29, 1.82) is 0 Å². The zero-order chi connectivity index (χ0) is 22.2. The summed E-state index contributed by atoms with van der Waals surface area (Å²) in [6.07, 6.45) is 13.4. The fraction of sp³-hybridized carbons (Fsp3) is 0.692. The van der Waals surface area contributed by atoms with Crippen LogP contribution in [0, 0.1) is 11.3 Å². The Morgan fingerprint density at radius 1 is 1.33 bits per heavy atom. The van der Waals surface area contributed by atoms with E-state index in [1.807, 2.05) is 0 Å². The number of aliphatic hydroxyl groups excluding tert-OH is 1. The number of fused-ring (bicyclic) bond motifs is 1. The fourth-order valence-electron chi connectivity index (χ4n) is 5.50. The molecule has 0 amide bonds. The predicted molar refractivity (Wildman–Crippen MR) is 127 cm³/mol. The first kappa shape index (κ1) is 23.8. The molecule has 0 bridgehead atoms. The summed E-state index contributed by atoms with van der Waals surface area (Å²) in [5.74, 6) is 1.20. The first-order valence-electron chi connectivity index (χ1n) is 11.5. The highest BCUT2D eigenvalue weighted by Gasteiger charge is 2.44. The van der Waals surface area contributed by atoms with E-state index in [0.717, 1.165) is 30.4 Å². The third-order valence-electron chi connectivity index (χ3n) is 7.52. The van der Waals surface area contributed by atoms with Crippen molar-refractivity contribution in [3.63, 3.8) is 0 Å². The zero-order valence-electron chi connectivity index (χ0n) is 19.2. The Kier molecular flexibility index (Phi) is 7.13. The van der Waals surface area contributed by atoms with Crippen molar-refractivity contribution in [1.82, 2.24) is 0 Å². The molecule has 0 spiro atoms. The Balaban J connectivity index is 1.75. The fourth-order valence-corrected chi connectivity index (χ4v) is 6.99. The number of aliphatic hydroxyl groups is 3. The van der Waals surface area contributed by atoms with Crippen molar-refractivity contribution in [2.45, 2.75) is 95.7 Å². The highest BCUT2D eigenvalue weighted by molar-refractivity contribution is 8.00. The summed E-state index contributed by atoms with van der Waals surface area (Å²) >= 11 is 1.35. The highest BCUT2D eigenvalue weighted by Crippen LogP contribution is 2.55. The molecule has 0 aromatic carbocycles. The van der Waals surface area contributed by atoms with E-state index in [1.54, 1.807) is 19.4 Å². The molecule has 0 aliphatic heterocycles. The van der Waals surface area contributed by atoms with E-state index in [4.69, 9.17) is 0 Å². The maximum absolute atomic E-state index is 11.1. The Morgan fingerprint density at radius 2 is 2.07 bits per heavy atom. The smallest absolute Gasteiger partial charge is 0.140 e. The van der Waals surface area contributed by atoms with Crippen molar-refractivity contribution in [3.05, 3.63) is 47.1 Å². The van der Waals surface area contributed by atoms with Gasteiger partial charge in [0, 0.05) is 12.8 Å². The zero-order valence-corrected chi connectivity index (χ0v) is 20.0. The first-order valence-corrected chi connectivity index (χ1v) is 12.5. The third-order valence-corrected chi connectivity index (χ3v) is 8.84.